The van der Waals surface area contributed by atoms with Gasteiger partial charge in [0.25, 0.3) is 5.91 Å². The van der Waals surface area contributed by atoms with E-state index in [1.807, 2.05) is 52.0 Å². The average molecular weight is 480 g/mol. The molecule has 0 aromatic heterocycles. The first-order valence-electron chi connectivity index (χ1n) is 12.1. The van der Waals surface area contributed by atoms with Crippen molar-refractivity contribution in [2.75, 3.05) is 19.0 Å². The van der Waals surface area contributed by atoms with Gasteiger partial charge in [-0.25, -0.2) is 0 Å². The summed E-state index contributed by atoms with van der Waals surface area (Å²) in [6, 6.07) is 2.91. The van der Waals surface area contributed by atoms with E-state index in [9.17, 15) is 14.4 Å². The first kappa shape index (κ1) is 23.6. The van der Waals surface area contributed by atoms with Crippen LogP contribution in [0.5, 0.6) is 5.75 Å². The Morgan fingerprint density at radius 2 is 2.00 bits per heavy atom. The smallest absolute Gasteiger partial charge is 0.274 e. The monoisotopic (exact) mass is 479 g/mol. The van der Waals surface area contributed by atoms with Crippen LogP contribution in [0.25, 0.3) is 6.08 Å². The van der Waals surface area contributed by atoms with Crippen LogP contribution in [0.1, 0.15) is 58.1 Å². The lowest BCUT2D eigenvalue weighted by Crippen LogP contribution is -2.70. The Morgan fingerprint density at radius 3 is 2.69 bits per heavy atom. The molecule has 2 saturated heterocycles. The minimum Gasteiger partial charge on any atom is -0.483 e. The molecule has 1 unspecified atom stereocenters. The number of allylic oxidation sites excluding steroid dienone is 1. The van der Waals surface area contributed by atoms with Crippen molar-refractivity contribution in [3.8, 4) is 5.75 Å². The molecule has 2 N–H and O–H groups in total. The number of amides is 3. The summed E-state index contributed by atoms with van der Waals surface area (Å²) in [6.07, 6.45) is 6.92. The number of nitrogens with zero attached hydrogens (tertiary/aromatic N) is 1. The van der Waals surface area contributed by atoms with Gasteiger partial charge in [0.2, 0.25) is 17.5 Å². The molecule has 2 fully saturated rings. The zero-order chi connectivity index (χ0) is 25.4. The second-order valence-corrected chi connectivity index (χ2v) is 11.0. The molecular weight excluding hydrogens is 446 g/mol. The Labute approximate surface area is 205 Å². The molecule has 8 nitrogen and oxygen atoms in total. The predicted molar refractivity (Wildman–Crippen MR) is 132 cm³/mol. The van der Waals surface area contributed by atoms with E-state index in [2.05, 4.69) is 17.2 Å². The molecule has 3 atom stereocenters. The van der Waals surface area contributed by atoms with Crippen LogP contribution in [0.2, 0.25) is 0 Å². The standard InChI is InChI=1S/C27H33N3O5/c1-7-24(2,3)26(15-18-21(31)30-14-8-12-27(30,34-6)23(33)28-18)17-9-10-19-16(20(17)29-22(26)32)11-13-25(4,5)35-19/h7,9-11,13,18H,1,8,12,14-15H2,2-6H3,(H,28,33)(H,29,32)/t18-,26+,27?/m0/s1. The van der Waals surface area contributed by atoms with Crippen molar-refractivity contribution in [3.05, 3.63) is 42.0 Å². The maximum absolute atomic E-state index is 13.9. The number of fused-ring (bicyclic) bond motifs is 4. The summed E-state index contributed by atoms with van der Waals surface area (Å²) >= 11 is 0. The van der Waals surface area contributed by atoms with Crippen molar-refractivity contribution in [1.82, 2.24) is 10.2 Å². The maximum atomic E-state index is 13.9. The van der Waals surface area contributed by atoms with E-state index in [1.165, 1.54) is 12.0 Å². The van der Waals surface area contributed by atoms with E-state index in [0.717, 1.165) is 11.1 Å². The van der Waals surface area contributed by atoms with Gasteiger partial charge in [0.1, 0.15) is 17.4 Å². The molecule has 8 heteroatoms. The van der Waals surface area contributed by atoms with Crippen molar-refractivity contribution < 1.29 is 23.9 Å². The highest BCUT2D eigenvalue weighted by Crippen LogP contribution is 2.56. The van der Waals surface area contributed by atoms with Gasteiger partial charge in [-0.3, -0.25) is 14.4 Å². The van der Waals surface area contributed by atoms with Gasteiger partial charge in [0.05, 0.1) is 11.1 Å². The van der Waals surface area contributed by atoms with E-state index in [4.69, 9.17) is 9.47 Å². The average Bonchev–Trinajstić information content (AvgIpc) is 3.37. The lowest BCUT2D eigenvalue weighted by atomic mass is 9.59. The minimum atomic E-state index is -1.27. The molecule has 186 valence electrons. The van der Waals surface area contributed by atoms with Crippen LogP contribution in [0, 0.1) is 5.41 Å². The first-order valence-corrected chi connectivity index (χ1v) is 12.1. The van der Waals surface area contributed by atoms with Crippen LogP contribution in [-0.4, -0.2) is 53.6 Å². The number of carbonyl (C=O) groups excluding carboxylic acids is 3. The molecule has 35 heavy (non-hydrogen) atoms. The summed E-state index contributed by atoms with van der Waals surface area (Å²) in [5, 5.41) is 5.98. The van der Waals surface area contributed by atoms with E-state index in [0.29, 0.717) is 30.8 Å². The zero-order valence-corrected chi connectivity index (χ0v) is 21.0. The SMILES string of the molecule is C=CC(C)(C)[C@@]1(C[C@@H]2NC(=O)C3(OC)CCCN3C2=O)C(=O)Nc2c1ccc1c2C=CC(C)(C)O1. The summed E-state index contributed by atoms with van der Waals surface area (Å²) < 4.78 is 11.7. The third-order valence-corrected chi connectivity index (χ3v) is 8.33. The molecule has 0 radical (unpaired) electrons. The van der Waals surface area contributed by atoms with Crippen LogP contribution in [0.4, 0.5) is 5.69 Å². The predicted octanol–water partition coefficient (Wildman–Crippen LogP) is 3.13. The molecule has 4 aliphatic rings. The Kier molecular flexibility index (Phi) is 5.01. The van der Waals surface area contributed by atoms with Crippen molar-refractivity contribution >= 4 is 29.5 Å². The van der Waals surface area contributed by atoms with Gasteiger partial charge in [0, 0.05) is 31.1 Å². The van der Waals surface area contributed by atoms with Gasteiger partial charge in [-0.15, -0.1) is 6.58 Å². The molecule has 4 aliphatic heterocycles. The molecule has 5 rings (SSSR count). The summed E-state index contributed by atoms with van der Waals surface area (Å²) in [7, 11) is 1.45. The topological polar surface area (TPSA) is 97.0 Å². The number of hydrogen-bond donors (Lipinski definition) is 2. The number of anilines is 1. The number of hydrogen-bond acceptors (Lipinski definition) is 5. The fourth-order valence-corrected chi connectivity index (χ4v) is 6.16. The normalized spacial score (nSPS) is 30.7. The molecule has 0 bridgehead atoms. The van der Waals surface area contributed by atoms with Gasteiger partial charge < -0.3 is 25.0 Å². The van der Waals surface area contributed by atoms with E-state index in [-0.39, 0.29) is 24.1 Å². The Hall–Kier alpha value is -3.13. The van der Waals surface area contributed by atoms with Gasteiger partial charge >= 0.3 is 0 Å². The van der Waals surface area contributed by atoms with Crippen molar-refractivity contribution in [3.63, 3.8) is 0 Å². The molecule has 0 saturated carbocycles. The van der Waals surface area contributed by atoms with Crippen LogP contribution in [0.15, 0.2) is 30.9 Å². The largest absolute Gasteiger partial charge is 0.483 e. The quantitative estimate of drug-likeness (QED) is 0.633. The molecule has 1 aromatic carbocycles. The third kappa shape index (κ3) is 3.05. The first-order chi connectivity index (χ1) is 16.4. The Morgan fingerprint density at radius 1 is 1.26 bits per heavy atom. The van der Waals surface area contributed by atoms with Gasteiger partial charge in [-0.05, 0) is 50.5 Å². The Balaban J connectivity index is 1.61. The number of rotatable bonds is 5. The zero-order valence-electron chi connectivity index (χ0n) is 21.0. The highest BCUT2D eigenvalue weighted by atomic mass is 16.5. The van der Waals surface area contributed by atoms with Crippen molar-refractivity contribution in [2.24, 2.45) is 5.41 Å². The molecule has 1 aromatic rings. The minimum absolute atomic E-state index is 0.0978. The highest BCUT2D eigenvalue weighted by molar-refractivity contribution is 6.10. The number of ether oxygens (including phenoxy) is 2. The van der Waals surface area contributed by atoms with Gasteiger partial charge in [-0.1, -0.05) is 26.0 Å². The number of nitrogens with one attached hydrogen (secondary N) is 2. The third-order valence-electron chi connectivity index (χ3n) is 8.33. The summed E-state index contributed by atoms with van der Waals surface area (Å²) in [5.41, 5.74) is -1.35. The molecular formula is C27H33N3O5. The van der Waals surface area contributed by atoms with Crippen LogP contribution < -0.4 is 15.4 Å². The number of piperazine rings is 1. The summed E-state index contributed by atoms with van der Waals surface area (Å²) in [4.78, 5) is 42.2. The second kappa shape index (κ2) is 7.43. The van der Waals surface area contributed by atoms with Crippen LogP contribution >= 0.6 is 0 Å². The van der Waals surface area contributed by atoms with E-state index in [1.54, 1.807) is 6.08 Å². The van der Waals surface area contributed by atoms with Crippen molar-refractivity contribution in [2.45, 2.75) is 69.7 Å². The van der Waals surface area contributed by atoms with Crippen LogP contribution in [0.3, 0.4) is 0 Å². The van der Waals surface area contributed by atoms with Gasteiger partial charge in [0.15, 0.2) is 0 Å². The lowest BCUT2D eigenvalue weighted by Gasteiger charge is -2.47. The van der Waals surface area contributed by atoms with E-state index >= 15 is 0 Å². The number of carbonyl (C=O) groups is 3. The maximum Gasteiger partial charge on any atom is 0.274 e. The molecule has 3 amide bonds. The number of methoxy groups -OCH3 is 1. The molecule has 0 aliphatic carbocycles. The summed E-state index contributed by atoms with van der Waals surface area (Å²) in [6.45, 7) is 12.3. The van der Waals surface area contributed by atoms with E-state index < -0.39 is 28.2 Å². The fourth-order valence-electron chi connectivity index (χ4n) is 6.16. The van der Waals surface area contributed by atoms with Gasteiger partial charge in [-0.2, -0.15) is 0 Å². The van der Waals surface area contributed by atoms with Crippen LogP contribution in [-0.2, 0) is 24.5 Å². The molecule has 0 spiro atoms. The number of benzene rings is 1. The fraction of sp³-hybridized carbons (Fsp3) is 0.519. The highest BCUT2D eigenvalue weighted by Gasteiger charge is 2.61. The Bertz CT molecular complexity index is 1190. The van der Waals surface area contributed by atoms with Crippen molar-refractivity contribution in [1.29, 1.82) is 0 Å². The molecule has 4 heterocycles. The lowest BCUT2D eigenvalue weighted by molar-refractivity contribution is -0.184. The summed E-state index contributed by atoms with van der Waals surface area (Å²) in [5.74, 6) is -0.104. The second-order valence-electron chi connectivity index (χ2n) is 11.0.